The summed E-state index contributed by atoms with van der Waals surface area (Å²) in [6.45, 7) is 0.133. The highest BCUT2D eigenvalue weighted by atomic mass is 16.2. The third kappa shape index (κ3) is 2.53. The van der Waals surface area contributed by atoms with Crippen molar-refractivity contribution in [3.8, 4) is 6.07 Å². The summed E-state index contributed by atoms with van der Waals surface area (Å²) in [6, 6.07) is 1.41. The molecule has 2 amide bonds. The number of amides is 2. The topological polar surface area (TPSA) is 90.3 Å². The fourth-order valence-corrected chi connectivity index (χ4v) is 1.60. The summed E-state index contributed by atoms with van der Waals surface area (Å²) < 4.78 is 0. The van der Waals surface area contributed by atoms with E-state index >= 15 is 0 Å². The van der Waals surface area contributed by atoms with E-state index < -0.39 is 6.04 Å². The second-order valence-corrected chi connectivity index (χ2v) is 3.32. The van der Waals surface area contributed by atoms with Gasteiger partial charge in [-0.15, -0.1) is 0 Å². The smallest absolute Gasteiger partial charge is 0.243 e. The fraction of sp³-hybridized carbons (Fsp3) is 0.556. The molecule has 1 aliphatic heterocycles. The van der Waals surface area contributed by atoms with Crippen LogP contribution in [0.4, 0.5) is 0 Å². The molecule has 0 bridgehead atoms. The maximum atomic E-state index is 11.5. The zero-order valence-corrected chi connectivity index (χ0v) is 8.05. The van der Waals surface area contributed by atoms with Crippen LogP contribution >= 0.6 is 0 Å². The van der Waals surface area contributed by atoms with E-state index in [0.717, 1.165) is 6.29 Å². The molecule has 2 unspecified atom stereocenters. The lowest BCUT2D eigenvalue weighted by Gasteiger charge is -2.18. The lowest BCUT2D eigenvalue weighted by Crippen LogP contribution is -2.40. The molecule has 0 spiro atoms. The highest BCUT2D eigenvalue weighted by Gasteiger charge is 2.34. The molecule has 0 radical (unpaired) electrons. The Balaban J connectivity index is 2.60. The van der Waals surface area contributed by atoms with E-state index in [-0.39, 0.29) is 24.9 Å². The molecule has 1 heterocycles. The molecule has 0 aliphatic carbocycles. The van der Waals surface area contributed by atoms with Gasteiger partial charge in [0.25, 0.3) is 0 Å². The Hall–Kier alpha value is -1.90. The Labute approximate surface area is 86.8 Å². The summed E-state index contributed by atoms with van der Waals surface area (Å²) >= 11 is 0. The number of carbonyl (C=O) groups is 3. The minimum Gasteiger partial charge on any atom is -0.350 e. The van der Waals surface area contributed by atoms with Gasteiger partial charge in [-0.1, -0.05) is 0 Å². The summed E-state index contributed by atoms with van der Waals surface area (Å²) in [6.07, 6.45) is 1.56. The maximum Gasteiger partial charge on any atom is 0.243 e. The molecule has 1 N–H and O–H groups in total. The minimum atomic E-state index is -0.554. The first-order valence-electron chi connectivity index (χ1n) is 4.54. The van der Waals surface area contributed by atoms with Crippen LogP contribution in [0.3, 0.4) is 0 Å². The van der Waals surface area contributed by atoms with Gasteiger partial charge >= 0.3 is 0 Å². The first kappa shape index (κ1) is 11.2. The van der Waals surface area contributed by atoms with Crippen molar-refractivity contribution in [2.24, 2.45) is 5.92 Å². The number of nitrogens with zero attached hydrogens (tertiary/aromatic N) is 2. The average molecular weight is 209 g/mol. The molecule has 1 fully saturated rings. The third-order valence-corrected chi connectivity index (χ3v) is 2.33. The van der Waals surface area contributed by atoms with Crippen molar-refractivity contribution in [1.29, 1.82) is 5.26 Å². The highest BCUT2D eigenvalue weighted by Crippen LogP contribution is 2.20. The lowest BCUT2D eigenvalue weighted by molar-refractivity contribution is -0.131. The van der Waals surface area contributed by atoms with Crippen molar-refractivity contribution in [3.63, 3.8) is 0 Å². The Morgan fingerprint density at radius 1 is 1.60 bits per heavy atom. The summed E-state index contributed by atoms with van der Waals surface area (Å²) in [4.78, 5) is 33.3. The predicted molar refractivity (Wildman–Crippen MR) is 49.4 cm³/mol. The first-order chi connectivity index (χ1) is 7.22. The van der Waals surface area contributed by atoms with Crippen molar-refractivity contribution < 1.29 is 14.4 Å². The molecule has 1 aliphatic rings. The molecule has 2 atom stereocenters. The van der Waals surface area contributed by atoms with Crippen molar-refractivity contribution >= 4 is 18.6 Å². The number of hydrogen-bond acceptors (Lipinski definition) is 4. The Bertz CT molecular complexity index is 310. The van der Waals surface area contributed by atoms with Crippen LogP contribution in [0.25, 0.3) is 0 Å². The first-order valence-corrected chi connectivity index (χ1v) is 4.54. The van der Waals surface area contributed by atoms with E-state index in [1.807, 2.05) is 6.07 Å². The third-order valence-electron chi connectivity index (χ3n) is 2.33. The summed E-state index contributed by atoms with van der Waals surface area (Å²) in [5, 5.41) is 11.0. The van der Waals surface area contributed by atoms with Gasteiger partial charge in [-0.3, -0.25) is 9.59 Å². The number of hydrogen-bond donors (Lipinski definition) is 1. The number of nitriles is 1. The normalized spacial score (nSPS) is 24.3. The summed E-state index contributed by atoms with van der Waals surface area (Å²) in [7, 11) is 0. The molecule has 1 rings (SSSR count). The standard InChI is InChI=1S/C9H11N3O3/c10-2-8-1-7(5-13)4-12(8)9(15)3-11-6-14/h5-8H,1,3-4H2,(H,11,14). The zero-order chi connectivity index (χ0) is 11.3. The van der Waals surface area contributed by atoms with Crippen LogP contribution < -0.4 is 5.32 Å². The van der Waals surface area contributed by atoms with Gasteiger partial charge in [0.1, 0.15) is 12.3 Å². The molecule has 15 heavy (non-hydrogen) atoms. The largest absolute Gasteiger partial charge is 0.350 e. The molecular weight excluding hydrogens is 198 g/mol. The van der Waals surface area contributed by atoms with Crippen LogP contribution in [0.1, 0.15) is 6.42 Å². The van der Waals surface area contributed by atoms with E-state index in [9.17, 15) is 14.4 Å². The van der Waals surface area contributed by atoms with E-state index in [4.69, 9.17) is 5.26 Å². The van der Waals surface area contributed by atoms with Gasteiger partial charge in [0.15, 0.2) is 0 Å². The van der Waals surface area contributed by atoms with Crippen LogP contribution in [0.5, 0.6) is 0 Å². The predicted octanol–water partition coefficient (Wildman–Crippen LogP) is -1.33. The molecule has 0 saturated carbocycles. The minimum absolute atomic E-state index is 0.132. The van der Waals surface area contributed by atoms with Crippen LogP contribution in [-0.2, 0) is 14.4 Å². The van der Waals surface area contributed by atoms with Crippen molar-refractivity contribution in [2.75, 3.05) is 13.1 Å². The van der Waals surface area contributed by atoms with Gasteiger partial charge in [0.2, 0.25) is 12.3 Å². The maximum absolute atomic E-state index is 11.5. The van der Waals surface area contributed by atoms with E-state index in [1.54, 1.807) is 0 Å². The van der Waals surface area contributed by atoms with E-state index in [2.05, 4.69) is 5.32 Å². The molecule has 0 aromatic heterocycles. The average Bonchev–Trinajstić information content (AvgIpc) is 2.69. The quantitative estimate of drug-likeness (QED) is 0.581. The van der Waals surface area contributed by atoms with Gasteiger partial charge in [-0.2, -0.15) is 5.26 Å². The molecule has 0 aromatic rings. The van der Waals surface area contributed by atoms with E-state index in [0.29, 0.717) is 12.8 Å². The van der Waals surface area contributed by atoms with E-state index in [1.165, 1.54) is 4.90 Å². The number of aldehydes is 1. The molecular formula is C9H11N3O3. The fourth-order valence-electron chi connectivity index (χ4n) is 1.60. The number of carbonyl (C=O) groups excluding carboxylic acids is 3. The van der Waals surface area contributed by atoms with Crippen LogP contribution in [0.15, 0.2) is 0 Å². The summed E-state index contributed by atoms with van der Waals surface area (Å²) in [5.41, 5.74) is 0. The van der Waals surface area contributed by atoms with Gasteiger partial charge in [0, 0.05) is 12.5 Å². The van der Waals surface area contributed by atoms with Crippen LogP contribution in [-0.4, -0.2) is 42.6 Å². The molecule has 6 nitrogen and oxygen atoms in total. The van der Waals surface area contributed by atoms with Gasteiger partial charge in [-0.05, 0) is 6.42 Å². The second kappa shape index (κ2) is 5.10. The Kier molecular flexibility index (Phi) is 3.80. The molecule has 6 heteroatoms. The lowest BCUT2D eigenvalue weighted by atomic mass is 10.1. The van der Waals surface area contributed by atoms with Gasteiger partial charge in [0.05, 0.1) is 12.6 Å². The highest BCUT2D eigenvalue weighted by molar-refractivity contribution is 5.81. The van der Waals surface area contributed by atoms with Gasteiger partial charge < -0.3 is 15.0 Å². The SMILES string of the molecule is N#CC1CC(C=O)CN1C(=O)CNC=O. The van der Waals surface area contributed by atoms with Crippen molar-refractivity contribution in [2.45, 2.75) is 12.5 Å². The van der Waals surface area contributed by atoms with Crippen LogP contribution in [0.2, 0.25) is 0 Å². The Morgan fingerprint density at radius 2 is 2.33 bits per heavy atom. The number of likely N-dealkylation sites (tertiary alicyclic amines) is 1. The number of nitrogens with one attached hydrogen (secondary N) is 1. The van der Waals surface area contributed by atoms with Crippen LogP contribution in [0, 0.1) is 17.2 Å². The molecule has 1 saturated heterocycles. The monoisotopic (exact) mass is 209 g/mol. The number of rotatable bonds is 4. The van der Waals surface area contributed by atoms with Crippen molar-refractivity contribution in [1.82, 2.24) is 10.2 Å². The van der Waals surface area contributed by atoms with Gasteiger partial charge in [-0.25, -0.2) is 0 Å². The Morgan fingerprint density at radius 3 is 2.87 bits per heavy atom. The zero-order valence-electron chi connectivity index (χ0n) is 8.05. The summed E-state index contributed by atoms with van der Waals surface area (Å²) in [5.74, 6) is -0.604. The van der Waals surface area contributed by atoms with Crippen molar-refractivity contribution in [3.05, 3.63) is 0 Å². The molecule has 0 aromatic carbocycles. The molecule has 80 valence electrons. The second-order valence-electron chi connectivity index (χ2n) is 3.32.